The van der Waals surface area contributed by atoms with E-state index in [1.165, 1.54) is 4.90 Å². The predicted octanol–water partition coefficient (Wildman–Crippen LogP) is 4.59. The number of amides is 1. The molecule has 5 nitrogen and oxygen atoms in total. The molecule has 0 bridgehead atoms. The average Bonchev–Trinajstić information content (AvgIpc) is 3.02. The molecule has 0 radical (unpaired) electrons. The van der Waals surface area contributed by atoms with Gasteiger partial charge in [0.1, 0.15) is 11.4 Å². The van der Waals surface area contributed by atoms with Crippen molar-refractivity contribution in [3.8, 4) is 0 Å². The third-order valence-electron chi connectivity index (χ3n) is 4.86. The van der Waals surface area contributed by atoms with Crippen LogP contribution < -0.4 is 10.3 Å². The number of hydrogen-bond acceptors (Lipinski definition) is 4. The molecule has 0 saturated carbocycles. The maximum atomic E-state index is 13.3. The molecule has 0 spiro atoms. The number of carbonyl (C=O) groups is 1. The summed E-state index contributed by atoms with van der Waals surface area (Å²) < 4.78 is 5.88. The predicted molar refractivity (Wildman–Crippen MR) is 107 cm³/mol. The molecule has 136 valence electrons. The van der Waals surface area contributed by atoms with Crippen molar-refractivity contribution in [2.75, 3.05) is 4.90 Å². The molecule has 1 amide bonds. The lowest BCUT2D eigenvalue weighted by Crippen LogP contribution is -2.30. The minimum absolute atomic E-state index is 0.0503. The van der Waals surface area contributed by atoms with Crippen LogP contribution in [-0.2, 0) is 0 Å². The van der Waals surface area contributed by atoms with Crippen LogP contribution in [0.3, 0.4) is 0 Å². The number of nitrogens with zero attached hydrogens (tertiary/aromatic N) is 2. The highest BCUT2D eigenvalue weighted by atomic mass is 35.5. The number of carbonyl (C=O) groups excluding carboxylic acids is 1. The van der Waals surface area contributed by atoms with Crippen molar-refractivity contribution in [2.45, 2.75) is 6.04 Å². The van der Waals surface area contributed by atoms with Gasteiger partial charge in [-0.05, 0) is 42.0 Å². The zero-order chi connectivity index (χ0) is 19.3. The molecule has 0 saturated heterocycles. The zero-order valence-corrected chi connectivity index (χ0v) is 15.3. The topological polar surface area (TPSA) is 63.4 Å². The molecular weight excluding hydrogens is 376 g/mol. The van der Waals surface area contributed by atoms with Gasteiger partial charge in [-0.15, -0.1) is 0 Å². The Labute approximate surface area is 164 Å². The van der Waals surface area contributed by atoms with Crippen LogP contribution in [0.2, 0.25) is 5.02 Å². The first-order chi connectivity index (χ1) is 13.6. The van der Waals surface area contributed by atoms with Crippen LogP contribution in [0.25, 0.3) is 11.0 Å². The van der Waals surface area contributed by atoms with Gasteiger partial charge in [0.05, 0.1) is 17.0 Å². The number of fused-ring (bicyclic) bond motifs is 2. The lowest BCUT2D eigenvalue weighted by Gasteiger charge is -2.24. The van der Waals surface area contributed by atoms with E-state index in [9.17, 15) is 9.59 Å². The molecule has 1 atom stereocenters. The van der Waals surface area contributed by atoms with E-state index in [1.54, 1.807) is 72.9 Å². The number of pyridine rings is 1. The third kappa shape index (κ3) is 2.44. The summed E-state index contributed by atoms with van der Waals surface area (Å²) in [7, 11) is 0. The Morgan fingerprint density at radius 2 is 1.68 bits per heavy atom. The van der Waals surface area contributed by atoms with Crippen LogP contribution in [0.1, 0.15) is 27.7 Å². The molecule has 0 aliphatic carbocycles. The minimum Gasteiger partial charge on any atom is -0.450 e. The number of aromatic nitrogens is 1. The first kappa shape index (κ1) is 16.7. The van der Waals surface area contributed by atoms with E-state index in [-0.39, 0.29) is 11.2 Å². The molecular formula is C22H13ClN2O3. The summed E-state index contributed by atoms with van der Waals surface area (Å²) >= 11 is 6.04. The lowest BCUT2D eigenvalue weighted by atomic mass is 9.98. The Balaban J connectivity index is 1.83. The van der Waals surface area contributed by atoms with Crippen LogP contribution in [-0.4, -0.2) is 10.9 Å². The molecule has 2 aromatic heterocycles. The third-order valence-corrected chi connectivity index (χ3v) is 5.11. The summed E-state index contributed by atoms with van der Waals surface area (Å²) in [6.45, 7) is 0. The van der Waals surface area contributed by atoms with Gasteiger partial charge in [0.25, 0.3) is 5.91 Å². The standard InChI is InChI=1S/C22H13ClN2O3/c23-14-10-8-13(9-11-14)19-18-20(26)15-5-1-2-6-16(15)28-21(18)22(27)25(19)17-7-3-4-12-24-17/h1-12,19H. The summed E-state index contributed by atoms with van der Waals surface area (Å²) in [5.74, 6) is 0.105. The Bertz CT molecular complexity index is 1270. The molecule has 0 fully saturated rings. The molecule has 0 N–H and O–H groups in total. The molecule has 3 heterocycles. The number of hydrogen-bond donors (Lipinski definition) is 0. The lowest BCUT2D eigenvalue weighted by molar-refractivity contribution is 0.0970. The fourth-order valence-corrected chi connectivity index (χ4v) is 3.74. The highest BCUT2D eigenvalue weighted by molar-refractivity contribution is 6.30. The summed E-state index contributed by atoms with van der Waals surface area (Å²) in [4.78, 5) is 32.4. The molecule has 1 aliphatic rings. The largest absolute Gasteiger partial charge is 0.450 e. The second-order valence-electron chi connectivity index (χ2n) is 6.49. The van der Waals surface area contributed by atoms with E-state index in [0.29, 0.717) is 27.4 Å². The van der Waals surface area contributed by atoms with Gasteiger partial charge in [-0.25, -0.2) is 4.98 Å². The van der Waals surface area contributed by atoms with E-state index in [0.717, 1.165) is 5.56 Å². The fourth-order valence-electron chi connectivity index (χ4n) is 3.61. The van der Waals surface area contributed by atoms with Gasteiger partial charge < -0.3 is 4.42 Å². The SMILES string of the molecule is O=C1c2oc3ccccc3c(=O)c2C(c2ccc(Cl)cc2)N1c1ccccn1. The van der Waals surface area contributed by atoms with E-state index in [1.807, 2.05) is 0 Å². The van der Waals surface area contributed by atoms with Crippen molar-refractivity contribution in [1.82, 2.24) is 4.98 Å². The Morgan fingerprint density at radius 3 is 2.43 bits per heavy atom. The molecule has 1 unspecified atom stereocenters. The molecule has 4 aromatic rings. The molecule has 5 rings (SSSR count). The summed E-state index contributed by atoms with van der Waals surface area (Å²) in [5, 5.41) is 1.01. The monoisotopic (exact) mass is 388 g/mol. The molecule has 1 aliphatic heterocycles. The number of anilines is 1. The van der Waals surface area contributed by atoms with Crippen molar-refractivity contribution in [2.24, 2.45) is 0 Å². The van der Waals surface area contributed by atoms with Crippen LogP contribution in [0.15, 0.2) is 82.1 Å². The second-order valence-corrected chi connectivity index (χ2v) is 6.92. The van der Waals surface area contributed by atoms with Gasteiger partial charge >= 0.3 is 0 Å². The van der Waals surface area contributed by atoms with E-state index in [2.05, 4.69) is 4.98 Å². The number of benzene rings is 2. The summed E-state index contributed by atoms with van der Waals surface area (Å²) in [6, 6.07) is 18.7. The molecule has 28 heavy (non-hydrogen) atoms. The highest BCUT2D eigenvalue weighted by Crippen LogP contribution is 2.40. The Morgan fingerprint density at radius 1 is 0.929 bits per heavy atom. The van der Waals surface area contributed by atoms with Crippen molar-refractivity contribution in [3.63, 3.8) is 0 Å². The quantitative estimate of drug-likeness (QED) is 0.503. The Hall–Kier alpha value is -3.44. The highest BCUT2D eigenvalue weighted by Gasteiger charge is 2.44. The van der Waals surface area contributed by atoms with Crippen LogP contribution in [0.4, 0.5) is 5.82 Å². The Kier molecular flexibility index (Phi) is 3.77. The van der Waals surface area contributed by atoms with E-state index >= 15 is 0 Å². The van der Waals surface area contributed by atoms with Crippen molar-refractivity contribution >= 4 is 34.3 Å². The number of para-hydroxylation sites is 1. The minimum atomic E-state index is -0.643. The maximum Gasteiger partial charge on any atom is 0.296 e. The van der Waals surface area contributed by atoms with Crippen LogP contribution >= 0.6 is 11.6 Å². The van der Waals surface area contributed by atoms with Crippen LogP contribution in [0.5, 0.6) is 0 Å². The van der Waals surface area contributed by atoms with Gasteiger partial charge in [0.2, 0.25) is 5.76 Å². The van der Waals surface area contributed by atoms with Gasteiger partial charge in [0.15, 0.2) is 5.43 Å². The molecule has 6 heteroatoms. The van der Waals surface area contributed by atoms with E-state index in [4.69, 9.17) is 16.0 Å². The summed E-state index contributed by atoms with van der Waals surface area (Å²) in [5.41, 5.74) is 1.24. The number of rotatable bonds is 2. The van der Waals surface area contributed by atoms with Crippen LogP contribution in [0, 0.1) is 0 Å². The first-order valence-electron chi connectivity index (χ1n) is 8.71. The van der Waals surface area contributed by atoms with Gasteiger partial charge in [-0.2, -0.15) is 0 Å². The van der Waals surface area contributed by atoms with Gasteiger partial charge in [0, 0.05) is 11.2 Å². The second kappa shape index (κ2) is 6.32. The fraction of sp³-hybridized carbons (Fsp3) is 0.0455. The summed E-state index contributed by atoms with van der Waals surface area (Å²) in [6.07, 6.45) is 1.61. The average molecular weight is 389 g/mol. The smallest absolute Gasteiger partial charge is 0.296 e. The van der Waals surface area contributed by atoms with Crippen molar-refractivity contribution < 1.29 is 9.21 Å². The van der Waals surface area contributed by atoms with Crippen molar-refractivity contribution in [3.05, 3.63) is 105 Å². The first-order valence-corrected chi connectivity index (χ1v) is 9.09. The van der Waals surface area contributed by atoms with E-state index < -0.39 is 11.9 Å². The molecule has 2 aromatic carbocycles. The zero-order valence-electron chi connectivity index (χ0n) is 14.5. The number of halogens is 1. The van der Waals surface area contributed by atoms with Gasteiger partial charge in [-0.3, -0.25) is 14.5 Å². The normalized spacial score (nSPS) is 15.8. The van der Waals surface area contributed by atoms with Gasteiger partial charge in [-0.1, -0.05) is 41.9 Å². The van der Waals surface area contributed by atoms with Crippen molar-refractivity contribution in [1.29, 1.82) is 0 Å². The maximum absolute atomic E-state index is 13.3.